The molecule has 4 nitrogen and oxygen atoms in total. The number of benzene rings is 2. The number of rotatable bonds is 7. The fourth-order valence-electron chi connectivity index (χ4n) is 4.91. The van der Waals surface area contributed by atoms with E-state index < -0.39 is 11.1 Å². The highest BCUT2D eigenvalue weighted by Crippen LogP contribution is 2.44. The lowest BCUT2D eigenvalue weighted by Gasteiger charge is -2.44. The maximum atomic E-state index is 15.3. The van der Waals surface area contributed by atoms with Crippen LogP contribution in [0.15, 0.2) is 42.5 Å². The van der Waals surface area contributed by atoms with Crippen molar-refractivity contribution in [3.63, 3.8) is 0 Å². The molecular weight excluding hydrogens is 403 g/mol. The number of halogens is 1. The summed E-state index contributed by atoms with van der Waals surface area (Å²) in [5.74, 6) is -0.724. The molecule has 0 unspecified atom stereocenters. The van der Waals surface area contributed by atoms with E-state index in [4.69, 9.17) is 5.73 Å². The predicted molar refractivity (Wildman–Crippen MR) is 127 cm³/mol. The summed E-state index contributed by atoms with van der Waals surface area (Å²) in [6.45, 7) is 10.5. The number of carbonyl (C=O) groups is 1. The molecule has 3 rings (SSSR count). The summed E-state index contributed by atoms with van der Waals surface area (Å²) >= 11 is 0. The van der Waals surface area contributed by atoms with E-state index in [0.717, 1.165) is 30.4 Å². The summed E-state index contributed by atoms with van der Waals surface area (Å²) in [6, 6.07) is 12.7. The molecule has 0 aliphatic carbocycles. The quantitative estimate of drug-likeness (QED) is 0.649. The third kappa shape index (κ3) is 4.89. The van der Waals surface area contributed by atoms with Gasteiger partial charge in [0, 0.05) is 24.6 Å². The topological polar surface area (TPSA) is 66.6 Å². The molecule has 0 bridgehead atoms. The Hall–Kier alpha value is -2.24. The van der Waals surface area contributed by atoms with E-state index in [9.17, 15) is 9.90 Å². The number of nitrogens with zero attached hydrogens (tertiary/aromatic N) is 1. The second-order valence-electron chi connectivity index (χ2n) is 9.56. The number of aryl methyl sites for hydroxylation is 1. The van der Waals surface area contributed by atoms with Gasteiger partial charge in [0.2, 0.25) is 5.91 Å². The lowest BCUT2D eigenvalue weighted by atomic mass is 9.72. The zero-order chi connectivity index (χ0) is 23.5. The third-order valence-electron chi connectivity index (χ3n) is 6.60. The number of hydrogen-bond acceptors (Lipinski definition) is 3. The average Bonchev–Trinajstić information content (AvgIpc) is 2.78. The van der Waals surface area contributed by atoms with Gasteiger partial charge in [0.1, 0.15) is 5.82 Å². The van der Waals surface area contributed by atoms with Crippen LogP contribution in [0.5, 0.6) is 0 Å². The first-order valence-electron chi connectivity index (χ1n) is 11.6. The van der Waals surface area contributed by atoms with Crippen LogP contribution in [0.2, 0.25) is 0 Å². The Morgan fingerprint density at radius 3 is 2.66 bits per heavy atom. The molecule has 1 amide bonds. The lowest BCUT2D eigenvalue weighted by Crippen LogP contribution is -2.56. The molecule has 1 fully saturated rings. The molecule has 32 heavy (non-hydrogen) atoms. The Labute approximate surface area is 191 Å². The maximum absolute atomic E-state index is 15.3. The van der Waals surface area contributed by atoms with E-state index >= 15 is 4.39 Å². The van der Waals surface area contributed by atoms with Gasteiger partial charge in [0.15, 0.2) is 0 Å². The molecule has 0 saturated carbocycles. The van der Waals surface area contributed by atoms with Crippen molar-refractivity contribution in [2.24, 2.45) is 11.7 Å². The van der Waals surface area contributed by atoms with Crippen LogP contribution in [0, 0.1) is 18.7 Å². The van der Waals surface area contributed by atoms with E-state index in [1.807, 2.05) is 30.3 Å². The normalized spacial score (nSPS) is 19.0. The molecule has 2 aromatic rings. The Morgan fingerprint density at radius 1 is 1.28 bits per heavy atom. The molecule has 1 aliphatic rings. The maximum Gasteiger partial charge on any atom is 0.242 e. The van der Waals surface area contributed by atoms with Crippen molar-refractivity contribution in [2.45, 2.75) is 64.0 Å². The number of aliphatic hydroxyl groups is 1. The first-order valence-corrected chi connectivity index (χ1v) is 11.6. The summed E-state index contributed by atoms with van der Waals surface area (Å²) in [5.41, 5.74) is 6.65. The van der Waals surface area contributed by atoms with Crippen molar-refractivity contribution in [3.05, 3.63) is 66.3 Å². The Balaban J connectivity index is 2.08. The minimum absolute atomic E-state index is 0.130. The molecule has 5 heteroatoms. The van der Waals surface area contributed by atoms with Gasteiger partial charge in [-0.25, -0.2) is 4.39 Å². The van der Waals surface area contributed by atoms with Gasteiger partial charge in [-0.1, -0.05) is 56.7 Å². The lowest BCUT2D eigenvalue weighted by molar-refractivity contribution is -0.141. The number of nitrogens with two attached hydrogens (primary N) is 1. The van der Waals surface area contributed by atoms with Gasteiger partial charge < -0.3 is 15.7 Å². The van der Waals surface area contributed by atoms with E-state index in [1.54, 1.807) is 24.8 Å². The van der Waals surface area contributed by atoms with Crippen LogP contribution in [0.1, 0.15) is 57.6 Å². The third-order valence-corrected chi connectivity index (χ3v) is 6.60. The monoisotopic (exact) mass is 439 g/mol. The summed E-state index contributed by atoms with van der Waals surface area (Å²) < 4.78 is 15.3. The summed E-state index contributed by atoms with van der Waals surface area (Å²) in [5, 5.41) is 12.1. The fraction of sp³-hybridized carbons (Fsp3) is 0.481. The zero-order valence-electron chi connectivity index (χ0n) is 19.5. The molecular formula is C27H36FN2O2. The molecule has 173 valence electrons. The van der Waals surface area contributed by atoms with Crippen molar-refractivity contribution in [2.75, 3.05) is 13.1 Å². The van der Waals surface area contributed by atoms with Crippen LogP contribution in [0.25, 0.3) is 11.1 Å². The van der Waals surface area contributed by atoms with Crippen LogP contribution in [0.3, 0.4) is 0 Å². The molecule has 0 aromatic heterocycles. The van der Waals surface area contributed by atoms with Gasteiger partial charge in [-0.05, 0) is 62.3 Å². The van der Waals surface area contributed by atoms with Crippen LogP contribution in [-0.4, -0.2) is 34.5 Å². The smallest absolute Gasteiger partial charge is 0.242 e. The van der Waals surface area contributed by atoms with Crippen LogP contribution >= 0.6 is 0 Å². The van der Waals surface area contributed by atoms with Gasteiger partial charge in [-0.2, -0.15) is 0 Å². The van der Waals surface area contributed by atoms with Crippen molar-refractivity contribution in [1.29, 1.82) is 0 Å². The van der Waals surface area contributed by atoms with Gasteiger partial charge in [0.05, 0.1) is 11.1 Å². The summed E-state index contributed by atoms with van der Waals surface area (Å²) in [6.07, 6.45) is 3.23. The SMILES string of the molecule is [CH2]CC[C@@](O)(c1cccc(F)c1-c1cccc(CC)c1)[C@@H]1CCCN(C(=O)C(C)(C)N)C1. The van der Waals surface area contributed by atoms with E-state index in [0.29, 0.717) is 37.1 Å². The van der Waals surface area contributed by atoms with Crippen molar-refractivity contribution >= 4 is 5.91 Å². The van der Waals surface area contributed by atoms with Crippen LogP contribution in [0.4, 0.5) is 4.39 Å². The molecule has 2 aromatic carbocycles. The Bertz CT molecular complexity index is 953. The number of likely N-dealkylation sites (tertiary alicyclic amines) is 1. The van der Waals surface area contributed by atoms with E-state index in [1.165, 1.54) is 6.07 Å². The largest absolute Gasteiger partial charge is 0.385 e. The molecule has 0 spiro atoms. The number of piperidine rings is 1. The highest BCUT2D eigenvalue weighted by Gasteiger charge is 2.43. The van der Waals surface area contributed by atoms with Crippen LogP contribution in [-0.2, 0) is 16.8 Å². The Morgan fingerprint density at radius 2 is 2.00 bits per heavy atom. The first kappa shape index (κ1) is 24.4. The number of amides is 1. The number of hydrogen-bond donors (Lipinski definition) is 2. The fourth-order valence-corrected chi connectivity index (χ4v) is 4.91. The molecule has 3 N–H and O–H groups in total. The van der Waals surface area contributed by atoms with Crippen molar-refractivity contribution in [1.82, 2.24) is 4.90 Å². The summed E-state index contributed by atoms with van der Waals surface area (Å²) in [4.78, 5) is 14.6. The second kappa shape index (κ2) is 9.72. The second-order valence-corrected chi connectivity index (χ2v) is 9.56. The Kier molecular flexibility index (Phi) is 7.41. The predicted octanol–water partition coefficient (Wildman–Crippen LogP) is 4.83. The van der Waals surface area contributed by atoms with Crippen molar-refractivity contribution < 1.29 is 14.3 Å². The molecule has 1 heterocycles. The van der Waals surface area contributed by atoms with Crippen LogP contribution < -0.4 is 5.73 Å². The standard InChI is InChI=1S/C27H36FN2O2/c1-5-15-27(32,21-12-9-16-30(18-21)25(31)26(3,4)29)22-13-8-14-23(28)24(22)20-11-7-10-19(6-2)17-20/h7-8,10-11,13-14,17,21,32H,1,5-6,9,12,15-16,18,29H2,2-4H3/t21-,27+/m1/s1. The van der Waals surface area contributed by atoms with Gasteiger partial charge in [0.25, 0.3) is 0 Å². The number of carbonyl (C=O) groups excluding carboxylic acids is 1. The molecule has 1 radical (unpaired) electrons. The minimum Gasteiger partial charge on any atom is -0.385 e. The molecule has 1 saturated heterocycles. The highest BCUT2D eigenvalue weighted by atomic mass is 19.1. The highest BCUT2D eigenvalue weighted by molar-refractivity contribution is 5.85. The molecule has 1 aliphatic heterocycles. The minimum atomic E-state index is -1.31. The van der Waals surface area contributed by atoms with E-state index in [2.05, 4.69) is 13.8 Å². The van der Waals surface area contributed by atoms with Gasteiger partial charge in [-0.3, -0.25) is 4.79 Å². The van der Waals surface area contributed by atoms with Gasteiger partial charge >= 0.3 is 0 Å². The molecule has 2 atom stereocenters. The first-order chi connectivity index (χ1) is 15.1. The summed E-state index contributed by atoms with van der Waals surface area (Å²) in [7, 11) is 0. The average molecular weight is 440 g/mol. The van der Waals surface area contributed by atoms with Crippen molar-refractivity contribution in [3.8, 4) is 11.1 Å². The zero-order valence-corrected chi connectivity index (χ0v) is 19.5. The van der Waals surface area contributed by atoms with Gasteiger partial charge in [-0.15, -0.1) is 0 Å². The van der Waals surface area contributed by atoms with E-state index in [-0.39, 0.29) is 17.6 Å².